The van der Waals surface area contributed by atoms with Crippen LogP contribution in [0.25, 0.3) is 0 Å². The molecule has 3 rings (SSSR count). The molecule has 0 bridgehead atoms. The molecule has 0 spiro atoms. The summed E-state index contributed by atoms with van der Waals surface area (Å²) in [6.45, 7) is 3.85. The van der Waals surface area contributed by atoms with Crippen LogP contribution in [0.5, 0.6) is 0 Å². The zero-order valence-corrected chi connectivity index (χ0v) is 11.8. The van der Waals surface area contributed by atoms with Gasteiger partial charge in [-0.3, -0.25) is 9.59 Å². The van der Waals surface area contributed by atoms with Crippen molar-refractivity contribution < 1.29 is 14.0 Å². The molecule has 1 N–H and O–H groups in total. The van der Waals surface area contributed by atoms with Gasteiger partial charge in [0, 0.05) is 0 Å². The smallest absolute Gasteiger partial charge is 0.246 e. The molecule has 5 heteroatoms. The molecule has 1 aromatic heterocycles. The van der Waals surface area contributed by atoms with Gasteiger partial charge in [0.05, 0.1) is 12.3 Å². The minimum Gasteiger partial charge on any atom is -0.467 e. The number of amides is 2. The Morgan fingerprint density at radius 3 is 2.75 bits per heavy atom. The van der Waals surface area contributed by atoms with Crippen molar-refractivity contribution in [2.24, 2.45) is 5.92 Å². The highest BCUT2D eigenvalue weighted by Gasteiger charge is 2.48. The molecule has 2 amide bonds. The Morgan fingerprint density at radius 2 is 2.20 bits per heavy atom. The fourth-order valence-corrected chi connectivity index (χ4v) is 3.01. The SMILES string of the molecule is CCC1C(=O)NC(C2CC2)C(=O)N1C(C)c1ccco1. The predicted octanol–water partition coefficient (Wildman–Crippen LogP) is 1.86. The number of piperazine rings is 1. The number of hydrogen-bond acceptors (Lipinski definition) is 3. The first-order valence-corrected chi connectivity index (χ1v) is 7.29. The van der Waals surface area contributed by atoms with Crippen LogP contribution >= 0.6 is 0 Å². The average Bonchev–Trinajstić information content (AvgIpc) is 3.13. The Balaban J connectivity index is 1.90. The van der Waals surface area contributed by atoms with Crippen LogP contribution in [-0.2, 0) is 9.59 Å². The fraction of sp³-hybridized carbons (Fsp3) is 0.600. The maximum atomic E-state index is 12.7. The fourth-order valence-electron chi connectivity index (χ4n) is 3.01. The van der Waals surface area contributed by atoms with Gasteiger partial charge in [-0.1, -0.05) is 6.92 Å². The third-order valence-electron chi connectivity index (χ3n) is 4.31. The molecule has 0 radical (unpaired) electrons. The molecule has 20 heavy (non-hydrogen) atoms. The molecule has 108 valence electrons. The number of hydrogen-bond donors (Lipinski definition) is 1. The van der Waals surface area contributed by atoms with E-state index < -0.39 is 6.04 Å². The minimum atomic E-state index is -0.405. The van der Waals surface area contributed by atoms with Gasteiger partial charge in [0.2, 0.25) is 11.8 Å². The van der Waals surface area contributed by atoms with Gasteiger partial charge < -0.3 is 14.6 Å². The van der Waals surface area contributed by atoms with Crippen molar-refractivity contribution in [3.63, 3.8) is 0 Å². The van der Waals surface area contributed by atoms with Crippen LogP contribution in [0.1, 0.15) is 44.9 Å². The lowest BCUT2D eigenvalue weighted by Gasteiger charge is -2.41. The topological polar surface area (TPSA) is 62.6 Å². The molecule has 1 aliphatic carbocycles. The Labute approximate surface area is 118 Å². The lowest BCUT2D eigenvalue weighted by Crippen LogP contribution is -2.64. The van der Waals surface area contributed by atoms with E-state index in [1.165, 1.54) is 0 Å². The summed E-state index contributed by atoms with van der Waals surface area (Å²) < 4.78 is 5.41. The molecule has 1 aromatic rings. The van der Waals surface area contributed by atoms with Crippen molar-refractivity contribution in [2.75, 3.05) is 0 Å². The lowest BCUT2D eigenvalue weighted by molar-refractivity contribution is -0.153. The van der Waals surface area contributed by atoms with Crippen molar-refractivity contribution in [2.45, 2.75) is 51.2 Å². The second kappa shape index (κ2) is 4.96. The summed E-state index contributed by atoms with van der Waals surface area (Å²) in [4.78, 5) is 26.7. The maximum Gasteiger partial charge on any atom is 0.246 e. The van der Waals surface area contributed by atoms with E-state index in [0.717, 1.165) is 18.6 Å². The second-order valence-electron chi connectivity index (χ2n) is 5.68. The third-order valence-corrected chi connectivity index (χ3v) is 4.31. The highest BCUT2D eigenvalue weighted by Crippen LogP contribution is 2.37. The first-order valence-electron chi connectivity index (χ1n) is 7.29. The van der Waals surface area contributed by atoms with Gasteiger partial charge in [0.15, 0.2) is 0 Å². The van der Waals surface area contributed by atoms with E-state index in [1.807, 2.05) is 19.9 Å². The van der Waals surface area contributed by atoms with Crippen LogP contribution < -0.4 is 5.32 Å². The van der Waals surface area contributed by atoms with E-state index in [-0.39, 0.29) is 23.9 Å². The quantitative estimate of drug-likeness (QED) is 0.913. The van der Waals surface area contributed by atoms with Crippen molar-refractivity contribution in [3.8, 4) is 0 Å². The predicted molar refractivity (Wildman–Crippen MR) is 72.7 cm³/mol. The molecular formula is C15H20N2O3. The molecule has 3 unspecified atom stereocenters. The van der Waals surface area contributed by atoms with E-state index in [2.05, 4.69) is 5.32 Å². The standard InChI is InChI=1S/C15H20N2O3/c1-3-11-14(18)16-13(10-6-7-10)15(19)17(11)9(2)12-5-4-8-20-12/h4-5,8-11,13H,3,6-7H2,1-2H3,(H,16,18). The third kappa shape index (κ3) is 2.11. The first kappa shape index (κ1) is 13.2. The normalized spacial score (nSPS) is 28.4. The lowest BCUT2D eigenvalue weighted by atomic mass is 9.99. The summed E-state index contributed by atoms with van der Waals surface area (Å²) in [5.41, 5.74) is 0. The van der Waals surface area contributed by atoms with E-state index >= 15 is 0 Å². The summed E-state index contributed by atoms with van der Waals surface area (Å²) >= 11 is 0. The van der Waals surface area contributed by atoms with Crippen LogP contribution in [-0.4, -0.2) is 28.8 Å². The number of nitrogens with zero attached hydrogens (tertiary/aromatic N) is 1. The van der Waals surface area contributed by atoms with Gasteiger partial charge in [-0.15, -0.1) is 0 Å². The number of furan rings is 1. The number of carbonyl (C=O) groups is 2. The summed E-state index contributed by atoms with van der Waals surface area (Å²) in [5, 5.41) is 2.90. The Morgan fingerprint density at radius 1 is 1.45 bits per heavy atom. The van der Waals surface area contributed by atoms with E-state index in [1.54, 1.807) is 17.2 Å². The Kier molecular flexibility index (Phi) is 3.28. The number of nitrogens with one attached hydrogen (secondary N) is 1. The Hall–Kier alpha value is -1.78. The maximum absolute atomic E-state index is 12.7. The van der Waals surface area contributed by atoms with Crippen molar-refractivity contribution in [3.05, 3.63) is 24.2 Å². The van der Waals surface area contributed by atoms with Crippen LogP contribution in [0, 0.1) is 5.92 Å². The second-order valence-corrected chi connectivity index (χ2v) is 5.68. The summed E-state index contributed by atoms with van der Waals surface area (Å²) in [6.07, 6.45) is 4.26. The molecular weight excluding hydrogens is 256 g/mol. The molecule has 1 aliphatic heterocycles. The van der Waals surface area contributed by atoms with Gasteiger partial charge in [-0.25, -0.2) is 0 Å². The van der Waals surface area contributed by atoms with Crippen LogP contribution in [0.15, 0.2) is 22.8 Å². The van der Waals surface area contributed by atoms with Crippen LogP contribution in [0.4, 0.5) is 0 Å². The molecule has 2 aliphatic rings. The van der Waals surface area contributed by atoms with Crippen molar-refractivity contribution in [1.29, 1.82) is 0 Å². The molecule has 0 aromatic carbocycles. The summed E-state index contributed by atoms with van der Waals surface area (Å²) in [7, 11) is 0. The zero-order valence-electron chi connectivity index (χ0n) is 11.8. The van der Waals surface area contributed by atoms with Gasteiger partial charge in [-0.2, -0.15) is 0 Å². The Bertz CT molecular complexity index is 507. The monoisotopic (exact) mass is 276 g/mol. The van der Waals surface area contributed by atoms with Gasteiger partial charge in [0.25, 0.3) is 0 Å². The molecule has 1 saturated heterocycles. The molecule has 3 atom stereocenters. The molecule has 2 fully saturated rings. The highest BCUT2D eigenvalue weighted by atomic mass is 16.3. The van der Waals surface area contributed by atoms with Gasteiger partial charge in [-0.05, 0) is 44.2 Å². The first-order chi connectivity index (χ1) is 9.63. The highest BCUT2D eigenvalue weighted by molar-refractivity contribution is 5.97. The van der Waals surface area contributed by atoms with Gasteiger partial charge in [0.1, 0.15) is 17.8 Å². The van der Waals surface area contributed by atoms with Gasteiger partial charge >= 0.3 is 0 Å². The average molecular weight is 276 g/mol. The molecule has 5 nitrogen and oxygen atoms in total. The zero-order chi connectivity index (χ0) is 14.3. The summed E-state index contributed by atoms with van der Waals surface area (Å²) in [5.74, 6) is 1.03. The van der Waals surface area contributed by atoms with Crippen LogP contribution in [0.2, 0.25) is 0 Å². The molecule has 2 heterocycles. The number of rotatable bonds is 4. The molecule has 1 saturated carbocycles. The van der Waals surface area contributed by atoms with Crippen molar-refractivity contribution >= 4 is 11.8 Å². The minimum absolute atomic E-state index is 0.0304. The van der Waals surface area contributed by atoms with Crippen molar-refractivity contribution in [1.82, 2.24) is 10.2 Å². The van der Waals surface area contributed by atoms with E-state index in [0.29, 0.717) is 12.3 Å². The largest absolute Gasteiger partial charge is 0.467 e. The number of carbonyl (C=O) groups excluding carboxylic acids is 2. The van der Waals surface area contributed by atoms with E-state index in [9.17, 15) is 9.59 Å². The van der Waals surface area contributed by atoms with E-state index in [4.69, 9.17) is 4.42 Å². The van der Waals surface area contributed by atoms with Crippen LogP contribution in [0.3, 0.4) is 0 Å². The summed E-state index contributed by atoms with van der Waals surface area (Å²) in [6, 6.07) is 2.69.